The molecule has 1 atom stereocenters. The molecule has 2 fully saturated rings. The predicted molar refractivity (Wildman–Crippen MR) is 115 cm³/mol. The highest BCUT2D eigenvalue weighted by Gasteiger charge is 2.36. The van der Waals surface area contributed by atoms with Crippen molar-refractivity contribution in [3.8, 4) is 0 Å². The van der Waals surface area contributed by atoms with Crippen molar-refractivity contribution in [2.75, 3.05) is 40.0 Å². The molecule has 1 aliphatic heterocycles. The molecule has 1 aromatic carbocycles. The van der Waals surface area contributed by atoms with Crippen LogP contribution in [0.1, 0.15) is 56.1 Å². The van der Waals surface area contributed by atoms with Crippen LogP contribution in [0.25, 0.3) is 0 Å². The average molecular weight is 388 g/mol. The summed E-state index contributed by atoms with van der Waals surface area (Å²) in [5, 5.41) is 16.6. The van der Waals surface area contributed by atoms with Crippen molar-refractivity contribution >= 4 is 5.96 Å². The number of aryl methyl sites for hydroxylation is 1. The maximum Gasteiger partial charge on any atom is 0.191 e. The van der Waals surface area contributed by atoms with Crippen molar-refractivity contribution in [3.63, 3.8) is 0 Å². The van der Waals surface area contributed by atoms with Crippen molar-refractivity contribution in [1.29, 1.82) is 0 Å². The molecule has 1 saturated carbocycles. The van der Waals surface area contributed by atoms with Gasteiger partial charge in [-0.25, -0.2) is 0 Å². The van der Waals surface area contributed by atoms with Gasteiger partial charge in [0, 0.05) is 44.2 Å². The van der Waals surface area contributed by atoms with E-state index in [0.717, 1.165) is 38.5 Å². The van der Waals surface area contributed by atoms with Crippen LogP contribution in [0.3, 0.4) is 0 Å². The van der Waals surface area contributed by atoms with Crippen molar-refractivity contribution in [1.82, 2.24) is 10.6 Å². The maximum absolute atomic E-state index is 9.44. The molecule has 2 aliphatic rings. The summed E-state index contributed by atoms with van der Waals surface area (Å²) >= 11 is 0. The molecule has 1 saturated heterocycles. The molecule has 156 valence electrons. The third-order valence-electron chi connectivity index (χ3n) is 6.72. The molecule has 0 radical (unpaired) electrons. The van der Waals surface area contributed by atoms with Gasteiger partial charge in [-0.2, -0.15) is 0 Å². The van der Waals surface area contributed by atoms with Crippen LogP contribution in [0.2, 0.25) is 0 Å². The lowest BCUT2D eigenvalue weighted by molar-refractivity contribution is 0.127. The highest BCUT2D eigenvalue weighted by atomic mass is 16.5. The second-order valence-electron chi connectivity index (χ2n) is 8.77. The van der Waals surface area contributed by atoms with Gasteiger partial charge < -0.3 is 20.5 Å². The Morgan fingerprint density at radius 3 is 2.57 bits per heavy atom. The van der Waals surface area contributed by atoms with Crippen molar-refractivity contribution in [2.45, 2.75) is 57.3 Å². The summed E-state index contributed by atoms with van der Waals surface area (Å²) in [5.74, 6) is 0.849. The highest BCUT2D eigenvalue weighted by Crippen LogP contribution is 2.39. The van der Waals surface area contributed by atoms with Gasteiger partial charge in [-0.15, -0.1) is 0 Å². The van der Waals surface area contributed by atoms with Gasteiger partial charge in [-0.05, 0) is 38.2 Å². The molecule has 0 spiro atoms. The highest BCUT2D eigenvalue weighted by molar-refractivity contribution is 5.79. The number of hydrogen-bond acceptors (Lipinski definition) is 3. The zero-order chi connectivity index (χ0) is 19.9. The quantitative estimate of drug-likeness (QED) is 0.497. The standard InChI is InChI=1S/C23H37N3O2/c1-19-7-6-8-20(15-19)23(9-4-3-5-10-23)17-26-21(24-2)25-16-22(11-13-27)12-14-28-18-22/h6-8,15,27H,3-5,9-14,16-18H2,1-2H3,(H2,24,25,26). The molecule has 1 aliphatic carbocycles. The van der Waals surface area contributed by atoms with E-state index >= 15 is 0 Å². The third kappa shape index (κ3) is 5.06. The first-order valence-electron chi connectivity index (χ1n) is 10.8. The summed E-state index contributed by atoms with van der Waals surface area (Å²) in [6.45, 7) is 5.56. The largest absolute Gasteiger partial charge is 0.396 e. The fourth-order valence-corrected chi connectivity index (χ4v) is 4.83. The number of guanidine groups is 1. The van der Waals surface area contributed by atoms with E-state index in [0.29, 0.717) is 6.61 Å². The molecule has 28 heavy (non-hydrogen) atoms. The Bertz CT molecular complexity index is 647. The molecule has 1 unspecified atom stereocenters. The Morgan fingerprint density at radius 2 is 1.93 bits per heavy atom. The summed E-state index contributed by atoms with van der Waals surface area (Å²) in [7, 11) is 1.83. The van der Waals surface area contributed by atoms with Crippen LogP contribution in [0, 0.1) is 12.3 Å². The fourth-order valence-electron chi connectivity index (χ4n) is 4.83. The number of benzene rings is 1. The van der Waals surface area contributed by atoms with Crippen LogP contribution in [0.5, 0.6) is 0 Å². The van der Waals surface area contributed by atoms with Crippen molar-refractivity contribution in [3.05, 3.63) is 35.4 Å². The SMILES string of the molecule is CN=C(NCC1(CCO)CCOC1)NCC1(c2cccc(C)c2)CCCCC1. The molecule has 0 aromatic heterocycles. The lowest BCUT2D eigenvalue weighted by Gasteiger charge is -2.39. The van der Waals surface area contributed by atoms with E-state index in [2.05, 4.69) is 46.8 Å². The van der Waals surface area contributed by atoms with E-state index in [9.17, 15) is 5.11 Å². The lowest BCUT2D eigenvalue weighted by atomic mass is 9.69. The number of nitrogens with zero attached hydrogens (tertiary/aromatic N) is 1. The molecule has 3 N–H and O–H groups in total. The molecular formula is C23H37N3O2. The van der Waals surface area contributed by atoms with E-state index in [4.69, 9.17) is 4.74 Å². The number of hydrogen-bond donors (Lipinski definition) is 3. The molecule has 3 rings (SSSR count). The molecule has 5 nitrogen and oxygen atoms in total. The van der Waals surface area contributed by atoms with E-state index in [1.165, 1.54) is 43.2 Å². The first kappa shape index (κ1) is 21.1. The Balaban J connectivity index is 1.64. The van der Waals surface area contributed by atoms with Gasteiger partial charge in [-0.3, -0.25) is 4.99 Å². The van der Waals surface area contributed by atoms with Crippen LogP contribution < -0.4 is 10.6 Å². The molecule has 1 heterocycles. The van der Waals surface area contributed by atoms with Crippen LogP contribution in [0.15, 0.2) is 29.3 Å². The fraction of sp³-hybridized carbons (Fsp3) is 0.696. The van der Waals surface area contributed by atoms with Crippen molar-refractivity contribution in [2.24, 2.45) is 10.4 Å². The number of ether oxygens (including phenoxy) is 1. The zero-order valence-electron chi connectivity index (χ0n) is 17.6. The minimum Gasteiger partial charge on any atom is -0.396 e. The molecule has 1 aromatic rings. The summed E-state index contributed by atoms with van der Waals surface area (Å²) in [6.07, 6.45) is 8.13. The first-order valence-corrected chi connectivity index (χ1v) is 10.8. The number of nitrogens with one attached hydrogen (secondary N) is 2. The molecule has 0 bridgehead atoms. The van der Waals surface area contributed by atoms with Gasteiger partial charge >= 0.3 is 0 Å². The second kappa shape index (κ2) is 9.75. The minimum absolute atomic E-state index is 0.0193. The lowest BCUT2D eigenvalue weighted by Crippen LogP contribution is -2.49. The molecule has 0 amide bonds. The number of aliphatic hydroxyl groups excluding tert-OH is 1. The topological polar surface area (TPSA) is 65.9 Å². The van der Waals surface area contributed by atoms with Crippen LogP contribution in [-0.2, 0) is 10.2 Å². The normalized spacial score (nSPS) is 24.9. The molecular weight excluding hydrogens is 350 g/mol. The van der Waals surface area contributed by atoms with E-state index in [1.807, 2.05) is 7.05 Å². The van der Waals surface area contributed by atoms with Crippen LogP contribution in [-0.4, -0.2) is 51.0 Å². The smallest absolute Gasteiger partial charge is 0.191 e. The van der Waals surface area contributed by atoms with E-state index in [-0.39, 0.29) is 17.4 Å². The Labute approximate surface area is 170 Å². The summed E-state index contributed by atoms with van der Waals surface area (Å²) in [6, 6.07) is 9.02. The van der Waals surface area contributed by atoms with Gasteiger partial charge in [0.2, 0.25) is 0 Å². The predicted octanol–water partition coefficient (Wildman–Crippen LogP) is 3.15. The van der Waals surface area contributed by atoms with E-state index < -0.39 is 0 Å². The maximum atomic E-state index is 9.44. The third-order valence-corrected chi connectivity index (χ3v) is 6.72. The summed E-state index contributed by atoms with van der Waals surface area (Å²) < 4.78 is 5.61. The zero-order valence-corrected chi connectivity index (χ0v) is 17.6. The van der Waals surface area contributed by atoms with Gasteiger partial charge in [-0.1, -0.05) is 49.1 Å². The number of aliphatic hydroxyl groups is 1. The monoisotopic (exact) mass is 387 g/mol. The number of rotatable bonds is 7. The van der Waals surface area contributed by atoms with Gasteiger partial charge in [0.1, 0.15) is 0 Å². The van der Waals surface area contributed by atoms with Crippen LogP contribution in [0.4, 0.5) is 0 Å². The average Bonchev–Trinajstić information content (AvgIpc) is 3.18. The Hall–Kier alpha value is -1.59. The first-order chi connectivity index (χ1) is 13.6. The second-order valence-corrected chi connectivity index (χ2v) is 8.77. The summed E-state index contributed by atoms with van der Waals surface area (Å²) in [5.41, 5.74) is 2.99. The van der Waals surface area contributed by atoms with Gasteiger partial charge in [0.15, 0.2) is 5.96 Å². The summed E-state index contributed by atoms with van der Waals surface area (Å²) in [4.78, 5) is 4.46. The van der Waals surface area contributed by atoms with Crippen LogP contribution >= 0.6 is 0 Å². The molecule has 5 heteroatoms. The van der Waals surface area contributed by atoms with Gasteiger partial charge in [0.05, 0.1) is 6.61 Å². The minimum atomic E-state index is 0.0193. The Morgan fingerprint density at radius 1 is 1.14 bits per heavy atom. The number of aliphatic imine (C=N–C) groups is 1. The van der Waals surface area contributed by atoms with Gasteiger partial charge in [0.25, 0.3) is 0 Å². The van der Waals surface area contributed by atoms with Crippen molar-refractivity contribution < 1.29 is 9.84 Å². The van der Waals surface area contributed by atoms with E-state index in [1.54, 1.807) is 0 Å². The Kier molecular flexibility index (Phi) is 7.36.